The van der Waals surface area contributed by atoms with Crippen molar-refractivity contribution in [3.63, 3.8) is 0 Å². The maximum absolute atomic E-state index is 3.50. The van der Waals surface area contributed by atoms with E-state index in [9.17, 15) is 0 Å². The smallest absolute Gasteiger partial charge is 0.00489 e. The van der Waals surface area contributed by atoms with Gasteiger partial charge in [0.25, 0.3) is 0 Å². The minimum absolute atomic E-state index is 1.16. The van der Waals surface area contributed by atoms with E-state index >= 15 is 0 Å². The highest BCUT2D eigenvalue weighted by atomic mass is 14.8. The van der Waals surface area contributed by atoms with E-state index < -0.39 is 0 Å². The Kier molecular flexibility index (Phi) is 12.8. The molecule has 0 aromatic rings. The van der Waals surface area contributed by atoms with E-state index in [1.54, 1.807) is 0 Å². The highest BCUT2D eigenvalue weighted by molar-refractivity contribution is 4.50. The number of hydrogen-bond acceptors (Lipinski definition) is 2. The normalized spacial score (nSPS) is 10.7. The molecular weight excluding hydrogens is 172 g/mol. The molecule has 0 amide bonds. The number of unbranched alkanes of at least 4 members (excludes halogenated alkanes) is 5. The summed E-state index contributed by atoms with van der Waals surface area (Å²) in [5.41, 5.74) is 0. The van der Waals surface area contributed by atoms with E-state index in [-0.39, 0.29) is 0 Å². The van der Waals surface area contributed by atoms with Crippen LogP contribution in [-0.2, 0) is 0 Å². The molecule has 0 aliphatic rings. The van der Waals surface area contributed by atoms with Crippen molar-refractivity contribution in [3.05, 3.63) is 0 Å². The number of rotatable bonds is 11. The van der Waals surface area contributed by atoms with Gasteiger partial charge in [-0.25, -0.2) is 0 Å². The fraction of sp³-hybridized carbons (Fsp3) is 1.00. The summed E-state index contributed by atoms with van der Waals surface area (Å²) in [6, 6.07) is 0. The van der Waals surface area contributed by atoms with Gasteiger partial charge in [-0.3, -0.25) is 0 Å². The molecule has 0 saturated heterocycles. The highest BCUT2D eigenvalue weighted by Gasteiger charge is 1.90. The first-order valence-electron chi connectivity index (χ1n) is 6.27. The summed E-state index contributed by atoms with van der Waals surface area (Å²) < 4.78 is 0. The van der Waals surface area contributed by atoms with Gasteiger partial charge in [0.15, 0.2) is 0 Å². The first kappa shape index (κ1) is 13.9. The minimum Gasteiger partial charge on any atom is -0.320 e. The summed E-state index contributed by atoms with van der Waals surface area (Å²) in [7, 11) is 2.02. The van der Waals surface area contributed by atoms with Gasteiger partial charge in [0.1, 0.15) is 0 Å². The fourth-order valence-electron chi connectivity index (χ4n) is 1.53. The number of nitrogens with one attached hydrogen (secondary N) is 2. The Morgan fingerprint density at radius 1 is 0.714 bits per heavy atom. The van der Waals surface area contributed by atoms with E-state index in [0.717, 1.165) is 6.54 Å². The van der Waals surface area contributed by atoms with Crippen LogP contribution in [0.1, 0.15) is 51.9 Å². The molecule has 0 heterocycles. The first-order chi connectivity index (χ1) is 6.91. The van der Waals surface area contributed by atoms with E-state index in [2.05, 4.69) is 17.6 Å². The zero-order valence-electron chi connectivity index (χ0n) is 10.1. The SMILES string of the molecule is CCCCCCNCCCCCNC. The Morgan fingerprint density at radius 3 is 1.86 bits per heavy atom. The van der Waals surface area contributed by atoms with Crippen molar-refractivity contribution in [1.82, 2.24) is 10.6 Å². The van der Waals surface area contributed by atoms with Crippen LogP contribution in [0.3, 0.4) is 0 Å². The lowest BCUT2D eigenvalue weighted by Crippen LogP contribution is -2.17. The molecule has 0 spiro atoms. The summed E-state index contributed by atoms with van der Waals surface area (Å²) in [5, 5.41) is 6.67. The van der Waals surface area contributed by atoms with Gasteiger partial charge in [0.2, 0.25) is 0 Å². The predicted molar refractivity (Wildman–Crippen MR) is 64.8 cm³/mol. The molecule has 0 bridgehead atoms. The molecule has 0 fully saturated rings. The summed E-state index contributed by atoms with van der Waals surface area (Å²) >= 11 is 0. The van der Waals surface area contributed by atoms with Crippen LogP contribution in [-0.4, -0.2) is 26.7 Å². The van der Waals surface area contributed by atoms with Gasteiger partial charge >= 0.3 is 0 Å². The molecule has 2 N–H and O–H groups in total. The van der Waals surface area contributed by atoms with Crippen molar-refractivity contribution in [1.29, 1.82) is 0 Å². The molecule has 0 aromatic heterocycles. The van der Waals surface area contributed by atoms with Gasteiger partial charge in [-0.2, -0.15) is 0 Å². The van der Waals surface area contributed by atoms with Crippen molar-refractivity contribution >= 4 is 0 Å². The molecule has 0 radical (unpaired) electrons. The lowest BCUT2D eigenvalue weighted by molar-refractivity contribution is 0.561. The summed E-state index contributed by atoms with van der Waals surface area (Å²) in [6.07, 6.45) is 9.47. The fourth-order valence-corrected chi connectivity index (χ4v) is 1.53. The van der Waals surface area contributed by atoms with Crippen molar-refractivity contribution in [2.45, 2.75) is 51.9 Å². The summed E-state index contributed by atoms with van der Waals surface area (Å²) in [4.78, 5) is 0. The van der Waals surface area contributed by atoms with Crippen molar-refractivity contribution in [2.75, 3.05) is 26.7 Å². The largest absolute Gasteiger partial charge is 0.320 e. The number of hydrogen-bond donors (Lipinski definition) is 2. The molecule has 0 saturated carbocycles. The van der Waals surface area contributed by atoms with Gasteiger partial charge < -0.3 is 10.6 Å². The van der Waals surface area contributed by atoms with E-state index in [1.165, 1.54) is 58.0 Å². The second kappa shape index (κ2) is 12.9. The van der Waals surface area contributed by atoms with Crippen molar-refractivity contribution in [2.24, 2.45) is 0 Å². The van der Waals surface area contributed by atoms with Crippen LogP contribution in [0, 0.1) is 0 Å². The van der Waals surface area contributed by atoms with Crippen LogP contribution in [0.2, 0.25) is 0 Å². The quantitative estimate of drug-likeness (QED) is 0.501. The molecule has 0 unspecified atom stereocenters. The Morgan fingerprint density at radius 2 is 1.29 bits per heavy atom. The molecule has 2 heteroatoms. The minimum atomic E-state index is 1.16. The summed E-state index contributed by atoms with van der Waals surface area (Å²) in [5.74, 6) is 0. The van der Waals surface area contributed by atoms with Crippen LogP contribution < -0.4 is 10.6 Å². The molecular formula is C12H28N2. The Bertz CT molecular complexity index is 82.3. The standard InChI is InChI=1S/C12H28N2/c1-3-4-5-8-11-14-12-9-6-7-10-13-2/h13-14H,3-12H2,1-2H3. The monoisotopic (exact) mass is 200 g/mol. The van der Waals surface area contributed by atoms with Gasteiger partial charge in [0, 0.05) is 0 Å². The van der Waals surface area contributed by atoms with Crippen molar-refractivity contribution in [3.8, 4) is 0 Å². The van der Waals surface area contributed by atoms with Crippen LogP contribution in [0.4, 0.5) is 0 Å². The Labute approximate surface area is 89.9 Å². The Hall–Kier alpha value is -0.0800. The van der Waals surface area contributed by atoms with E-state index in [1.807, 2.05) is 7.05 Å². The van der Waals surface area contributed by atoms with E-state index in [0.29, 0.717) is 0 Å². The lowest BCUT2D eigenvalue weighted by atomic mass is 10.2. The van der Waals surface area contributed by atoms with Crippen LogP contribution in [0.25, 0.3) is 0 Å². The molecule has 0 atom stereocenters. The van der Waals surface area contributed by atoms with Crippen LogP contribution in [0.15, 0.2) is 0 Å². The average molecular weight is 200 g/mol. The van der Waals surface area contributed by atoms with Gasteiger partial charge in [-0.15, -0.1) is 0 Å². The third-order valence-electron chi connectivity index (χ3n) is 2.49. The summed E-state index contributed by atoms with van der Waals surface area (Å²) in [6.45, 7) is 5.84. The predicted octanol–water partition coefficient (Wildman–Crippen LogP) is 2.55. The molecule has 14 heavy (non-hydrogen) atoms. The van der Waals surface area contributed by atoms with Gasteiger partial charge in [-0.05, 0) is 45.9 Å². The average Bonchev–Trinajstić information content (AvgIpc) is 2.21. The van der Waals surface area contributed by atoms with E-state index in [4.69, 9.17) is 0 Å². The molecule has 86 valence electrons. The molecule has 0 aromatic carbocycles. The zero-order chi connectivity index (χ0) is 10.5. The molecule has 0 aliphatic carbocycles. The highest BCUT2D eigenvalue weighted by Crippen LogP contribution is 1.97. The zero-order valence-corrected chi connectivity index (χ0v) is 10.1. The Balaban J connectivity index is 2.78. The van der Waals surface area contributed by atoms with Gasteiger partial charge in [0.05, 0.1) is 0 Å². The molecule has 0 rings (SSSR count). The molecule has 0 aliphatic heterocycles. The maximum atomic E-state index is 3.50. The molecule has 2 nitrogen and oxygen atoms in total. The second-order valence-electron chi connectivity index (χ2n) is 3.97. The second-order valence-corrected chi connectivity index (χ2v) is 3.97. The van der Waals surface area contributed by atoms with Gasteiger partial charge in [-0.1, -0.05) is 32.6 Å². The lowest BCUT2D eigenvalue weighted by Gasteiger charge is -2.04. The van der Waals surface area contributed by atoms with Crippen molar-refractivity contribution < 1.29 is 0 Å². The third-order valence-corrected chi connectivity index (χ3v) is 2.49. The third kappa shape index (κ3) is 11.9. The van der Waals surface area contributed by atoms with Crippen LogP contribution >= 0.6 is 0 Å². The van der Waals surface area contributed by atoms with Crippen LogP contribution in [0.5, 0.6) is 0 Å². The topological polar surface area (TPSA) is 24.1 Å². The first-order valence-corrected chi connectivity index (χ1v) is 6.27. The maximum Gasteiger partial charge on any atom is -0.00489 e.